The highest BCUT2D eigenvalue weighted by Crippen LogP contribution is 2.23. The van der Waals surface area contributed by atoms with Gasteiger partial charge in [-0.1, -0.05) is 0 Å². The van der Waals surface area contributed by atoms with Crippen molar-refractivity contribution >= 4 is 11.9 Å². The zero-order chi connectivity index (χ0) is 14.6. The van der Waals surface area contributed by atoms with Gasteiger partial charge >= 0.3 is 5.97 Å². The molecule has 1 aliphatic heterocycles. The lowest BCUT2D eigenvalue weighted by Crippen LogP contribution is -2.58. The van der Waals surface area contributed by atoms with Crippen molar-refractivity contribution in [1.82, 2.24) is 5.32 Å². The van der Waals surface area contributed by atoms with Gasteiger partial charge in [0.15, 0.2) is 6.10 Å². The fourth-order valence-corrected chi connectivity index (χ4v) is 2.09. The van der Waals surface area contributed by atoms with E-state index in [4.69, 9.17) is 14.9 Å². The van der Waals surface area contributed by atoms with E-state index >= 15 is 0 Å². The minimum atomic E-state index is -1.48. The third kappa shape index (κ3) is 4.13. The molecular formula is C11H19NO7. The van der Waals surface area contributed by atoms with E-state index in [1.54, 1.807) is 0 Å². The Morgan fingerprint density at radius 3 is 2.47 bits per heavy atom. The summed E-state index contributed by atoms with van der Waals surface area (Å²) >= 11 is 0. The van der Waals surface area contributed by atoms with Crippen LogP contribution in [0.5, 0.6) is 0 Å². The van der Waals surface area contributed by atoms with Crippen LogP contribution in [0.3, 0.4) is 0 Å². The molecule has 1 heterocycles. The molecule has 0 aromatic heterocycles. The van der Waals surface area contributed by atoms with Gasteiger partial charge in [0.05, 0.1) is 12.6 Å². The number of aliphatic hydroxyl groups is 3. The van der Waals surface area contributed by atoms with Crippen molar-refractivity contribution in [2.75, 3.05) is 6.61 Å². The van der Waals surface area contributed by atoms with E-state index in [1.807, 2.05) is 0 Å². The minimum absolute atomic E-state index is 0.193. The SMILES string of the molecule is CC(=O)N[C@@H]1CC[C@H](C(=O)O)O[C@H]1[C@H](O)[C@H](O)CO. The predicted molar refractivity (Wildman–Crippen MR) is 62.2 cm³/mol. The summed E-state index contributed by atoms with van der Waals surface area (Å²) in [5.41, 5.74) is 0. The standard InChI is InChI=1S/C11H19NO7/c1-5(14)12-6-2-3-8(11(17)18)19-10(6)9(16)7(15)4-13/h6-10,13,15-16H,2-4H2,1H3,(H,12,14)(H,17,18)/t6-,7-,8-,9-,10-/m1/s1. The Kier molecular flexibility index (Phi) is 5.67. The van der Waals surface area contributed by atoms with Crippen LogP contribution in [0, 0.1) is 0 Å². The van der Waals surface area contributed by atoms with Crippen molar-refractivity contribution in [2.45, 2.75) is 50.2 Å². The quantitative estimate of drug-likeness (QED) is 0.386. The average molecular weight is 277 g/mol. The lowest BCUT2D eigenvalue weighted by Gasteiger charge is -2.38. The first-order chi connectivity index (χ1) is 8.86. The molecule has 8 heteroatoms. The summed E-state index contributed by atoms with van der Waals surface area (Å²) in [6.45, 7) is 0.598. The molecule has 19 heavy (non-hydrogen) atoms. The van der Waals surface area contributed by atoms with Gasteiger partial charge < -0.3 is 30.5 Å². The predicted octanol–water partition coefficient (Wildman–Crippen LogP) is -2.16. The van der Waals surface area contributed by atoms with Gasteiger partial charge in [0.2, 0.25) is 5.91 Å². The highest BCUT2D eigenvalue weighted by atomic mass is 16.5. The number of rotatable bonds is 5. The first-order valence-corrected chi connectivity index (χ1v) is 5.99. The fourth-order valence-electron chi connectivity index (χ4n) is 2.09. The molecular weight excluding hydrogens is 258 g/mol. The van der Waals surface area contributed by atoms with Crippen LogP contribution < -0.4 is 5.32 Å². The molecule has 0 spiro atoms. The zero-order valence-electron chi connectivity index (χ0n) is 10.5. The van der Waals surface area contributed by atoms with Crippen LogP contribution in [0.1, 0.15) is 19.8 Å². The van der Waals surface area contributed by atoms with Crippen molar-refractivity contribution in [3.63, 3.8) is 0 Å². The topological polar surface area (TPSA) is 136 Å². The molecule has 0 aliphatic carbocycles. The number of hydrogen-bond acceptors (Lipinski definition) is 6. The van der Waals surface area contributed by atoms with Crippen LogP contribution in [-0.4, -0.2) is 69.4 Å². The number of hydrogen-bond donors (Lipinski definition) is 5. The molecule has 1 saturated heterocycles. The molecule has 5 N–H and O–H groups in total. The number of amides is 1. The number of aliphatic carboxylic acids is 1. The molecule has 0 saturated carbocycles. The molecule has 0 aromatic rings. The molecule has 1 rings (SSSR count). The van der Waals surface area contributed by atoms with Crippen molar-refractivity contribution < 1.29 is 34.8 Å². The van der Waals surface area contributed by atoms with Crippen molar-refractivity contribution in [1.29, 1.82) is 0 Å². The first kappa shape index (κ1) is 15.8. The number of aliphatic hydroxyl groups excluding tert-OH is 3. The van der Waals surface area contributed by atoms with E-state index in [2.05, 4.69) is 5.32 Å². The van der Waals surface area contributed by atoms with E-state index < -0.39 is 43.0 Å². The number of ether oxygens (including phenoxy) is 1. The molecule has 1 amide bonds. The van der Waals surface area contributed by atoms with Crippen molar-refractivity contribution in [3.8, 4) is 0 Å². The fraction of sp³-hybridized carbons (Fsp3) is 0.818. The second-order valence-corrected chi connectivity index (χ2v) is 4.55. The summed E-state index contributed by atoms with van der Waals surface area (Å²) in [6, 6.07) is -0.607. The number of nitrogens with one attached hydrogen (secondary N) is 1. The molecule has 1 aliphatic rings. The van der Waals surface area contributed by atoms with E-state index in [0.29, 0.717) is 6.42 Å². The Labute approximate surface area is 110 Å². The van der Waals surface area contributed by atoms with Crippen LogP contribution in [0.15, 0.2) is 0 Å². The highest BCUT2D eigenvalue weighted by Gasteiger charge is 2.41. The van der Waals surface area contributed by atoms with Crippen LogP contribution in [-0.2, 0) is 14.3 Å². The van der Waals surface area contributed by atoms with Gasteiger partial charge in [-0.2, -0.15) is 0 Å². The third-order valence-corrected chi connectivity index (χ3v) is 3.04. The summed E-state index contributed by atoms with van der Waals surface area (Å²) in [5, 5.41) is 39.5. The molecule has 0 unspecified atom stereocenters. The van der Waals surface area contributed by atoms with E-state index in [-0.39, 0.29) is 12.3 Å². The second-order valence-electron chi connectivity index (χ2n) is 4.55. The Hall–Kier alpha value is -1.22. The lowest BCUT2D eigenvalue weighted by molar-refractivity contribution is -0.180. The van der Waals surface area contributed by atoms with E-state index in [0.717, 1.165) is 0 Å². The van der Waals surface area contributed by atoms with Gasteiger partial charge in [-0.3, -0.25) is 4.79 Å². The summed E-state index contributed by atoms with van der Waals surface area (Å²) in [7, 11) is 0. The van der Waals surface area contributed by atoms with Gasteiger partial charge in [0.1, 0.15) is 18.3 Å². The maximum Gasteiger partial charge on any atom is 0.332 e. The summed E-state index contributed by atoms with van der Waals surface area (Å²) in [4.78, 5) is 21.9. The Bertz CT molecular complexity index is 335. The van der Waals surface area contributed by atoms with Crippen LogP contribution in [0.4, 0.5) is 0 Å². The maximum atomic E-state index is 11.1. The van der Waals surface area contributed by atoms with Crippen LogP contribution in [0.2, 0.25) is 0 Å². The number of carboxylic acid groups (broad SMARTS) is 1. The summed E-state index contributed by atoms with van der Waals surface area (Å²) in [5.74, 6) is -1.52. The van der Waals surface area contributed by atoms with E-state index in [1.165, 1.54) is 6.92 Å². The van der Waals surface area contributed by atoms with E-state index in [9.17, 15) is 19.8 Å². The molecule has 0 radical (unpaired) electrons. The molecule has 110 valence electrons. The van der Waals surface area contributed by atoms with Crippen LogP contribution >= 0.6 is 0 Å². The zero-order valence-corrected chi connectivity index (χ0v) is 10.5. The van der Waals surface area contributed by atoms with Crippen molar-refractivity contribution in [3.05, 3.63) is 0 Å². The smallest absolute Gasteiger partial charge is 0.332 e. The second kappa shape index (κ2) is 6.80. The molecule has 8 nitrogen and oxygen atoms in total. The Morgan fingerprint density at radius 1 is 1.37 bits per heavy atom. The van der Waals surface area contributed by atoms with Gasteiger partial charge in [-0.25, -0.2) is 4.79 Å². The van der Waals surface area contributed by atoms with Gasteiger partial charge in [-0.15, -0.1) is 0 Å². The minimum Gasteiger partial charge on any atom is -0.479 e. The molecule has 0 bridgehead atoms. The Morgan fingerprint density at radius 2 is 2.00 bits per heavy atom. The highest BCUT2D eigenvalue weighted by molar-refractivity contribution is 5.74. The summed E-state index contributed by atoms with van der Waals surface area (Å²) < 4.78 is 5.21. The monoisotopic (exact) mass is 277 g/mol. The normalized spacial score (nSPS) is 30.4. The number of carbonyl (C=O) groups is 2. The summed E-state index contributed by atoms with van der Waals surface area (Å²) in [6.07, 6.45) is -4.64. The number of carboxylic acids is 1. The molecule has 0 aromatic carbocycles. The van der Waals surface area contributed by atoms with Gasteiger partial charge in [0, 0.05) is 6.92 Å². The van der Waals surface area contributed by atoms with Crippen molar-refractivity contribution in [2.24, 2.45) is 0 Å². The Balaban J connectivity index is 2.81. The van der Waals surface area contributed by atoms with Crippen LogP contribution in [0.25, 0.3) is 0 Å². The largest absolute Gasteiger partial charge is 0.479 e. The maximum absolute atomic E-state index is 11.1. The van der Waals surface area contributed by atoms with Gasteiger partial charge in [0.25, 0.3) is 0 Å². The van der Waals surface area contributed by atoms with Gasteiger partial charge in [-0.05, 0) is 12.8 Å². The third-order valence-electron chi connectivity index (χ3n) is 3.04. The number of carbonyl (C=O) groups excluding carboxylic acids is 1. The lowest BCUT2D eigenvalue weighted by atomic mass is 9.92. The average Bonchev–Trinajstić information content (AvgIpc) is 2.36. The first-order valence-electron chi connectivity index (χ1n) is 5.99. The molecule has 5 atom stereocenters. The molecule has 1 fully saturated rings.